The predicted octanol–water partition coefficient (Wildman–Crippen LogP) is 2.50. The number of nitrogens with one attached hydrogen (secondary N) is 1. The van der Waals surface area contributed by atoms with E-state index in [9.17, 15) is 23.1 Å². The van der Waals surface area contributed by atoms with Crippen molar-refractivity contribution in [1.29, 1.82) is 0 Å². The number of fused-ring (bicyclic) bond motifs is 1. The Morgan fingerprint density at radius 3 is 2.39 bits per heavy atom. The maximum atomic E-state index is 12.1. The largest absolute Gasteiger partial charge is 0.465 e. The van der Waals surface area contributed by atoms with Crippen molar-refractivity contribution in [3.63, 3.8) is 0 Å². The summed E-state index contributed by atoms with van der Waals surface area (Å²) in [6.45, 7) is 3.39. The lowest BCUT2D eigenvalue weighted by Gasteiger charge is -2.39. The molecule has 0 aromatic heterocycles. The van der Waals surface area contributed by atoms with Gasteiger partial charge in [-0.15, -0.1) is 0 Å². The van der Waals surface area contributed by atoms with E-state index in [4.69, 9.17) is 0 Å². The molecular formula is C19H21N3O5S. The molecule has 2 aromatic rings. The summed E-state index contributed by atoms with van der Waals surface area (Å²) in [5, 5.41) is 9.61. The van der Waals surface area contributed by atoms with Crippen LogP contribution in [0, 0.1) is 0 Å². The minimum atomic E-state index is -3.60. The third-order valence-corrected chi connectivity index (χ3v) is 6.14. The Morgan fingerprint density at radius 1 is 1.11 bits per heavy atom. The Morgan fingerprint density at radius 2 is 1.79 bits per heavy atom. The second-order valence-electron chi connectivity index (χ2n) is 6.57. The molecule has 3 rings (SSSR count). The average molecular weight is 403 g/mol. The first kappa shape index (κ1) is 19.8. The van der Waals surface area contributed by atoms with Gasteiger partial charge in [-0.25, -0.2) is 17.9 Å². The van der Waals surface area contributed by atoms with Gasteiger partial charge in [0.25, 0.3) is 0 Å². The Bertz CT molecular complexity index is 1050. The van der Waals surface area contributed by atoms with Crippen LogP contribution in [0.4, 0.5) is 16.2 Å². The number of rotatable bonds is 3. The normalized spacial score (nSPS) is 16.6. The summed E-state index contributed by atoms with van der Waals surface area (Å²) in [7, 11) is -2.27. The van der Waals surface area contributed by atoms with E-state index in [-0.39, 0.29) is 23.4 Å². The predicted molar refractivity (Wildman–Crippen MR) is 106 cm³/mol. The Kier molecular flexibility index (Phi) is 5.14. The van der Waals surface area contributed by atoms with E-state index in [1.54, 1.807) is 42.2 Å². The van der Waals surface area contributed by atoms with Gasteiger partial charge < -0.3 is 10.0 Å². The van der Waals surface area contributed by atoms with Crippen LogP contribution in [0.1, 0.15) is 13.8 Å². The van der Waals surface area contributed by atoms with E-state index in [1.165, 1.54) is 31.0 Å². The fourth-order valence-corrected chi connectivity index (χ4v) is 4.20. The number of benzene rings is 2. The van der Waals surface area contributed by atoms with E-state index in [1.807, 2.05) is 0 Å². The quantitative estimate of drug-likeness (QED) is 0.819. The van der Waals surface area contributed by atoms with Crippen molar-refractivity contribution in [3.8, 4) is 11.1 Å². The van der Waals surface area contributed by atoms with Crippen molar-refractivity contribution in [2.75, 3.05) is 23.4 Å². The van der Waals surface area contributed by atoms with Gasteiger partial charge >= 0.3 is 6.09 Å². The number of sulfonamides is 1. The van der Waals surface area contributed by atoms with Crippen molar-refractivity contribution in [2.24, 2.45) is 0 Å². The van der Waals surface area contributed by atoms with Gasteiger partial charge in [-0.05, 0) is 49.4 Å². The third kappa shape index (κ3) is 3.46. The van der Waals surface area contributed by atoms with Crippen LogP contribution in [-0.4, -0.2) is 45.2 Å². The fraction of sp³-hybridized carbons (Fsp3) is 0.263. The van der Waals surface area contributed by atoms with Crippen LogP contribution in [0.3, 0.4) is 0 Å². The van der Waals surface area contributed by atoms with Gasteiger partial charge in [-0.2, -0.15) is 0 Å². The number of hydrogen-bond acceptors (Lipinski definition) is 4. The highest BCUT2D eigenvalue weighted by Gasteiger charge is 2.33. The van der Waals surface area contributed by atoms with Gasteiger partial charge in [0.1, 0.15) is 0 Å². The zero-order chi connectivity index (χ0) is 20.6. The monoisotopic (exact) mass is 403 g/mol. The smallest absolute Gasteiger partial charge is 0.411 e. The minimum Gasteiger partial charge on any atom is -0.465 e. The first-order chi connectivity index (χ1) is 13.2. The fourth-order valence-electron chi connectivity index (χ4n) is 3.43. The van der Waals surface area contributed by atoms with Crippen LogP contribution >= 0.6 is 0 Å². The topological polar surface area (TPSA) is 107 Å². The lowest BCUT2D eigenvalue weighted by molar-refractivity contribution is -0.117. The highest BCUT2D eigenvalue weighted by atomic mass is 32.2. The third-order valence-electron chi connectivity index (χ3n) is 4.73. The van der Waals surface area contributed by atoms with Gasteiger partial charge in [0, 0.05) is 13.5 Å². The molecule has 2 amide bonds. The van der Waals surface area contributed by atoms with Crippen LogP contribution in [0.5, 0.6) is 0 Å². The van der Waals surface area contributed by atoms with Gasteiger partial charge in [0.2, 0.25) is 15.9 Å². The van der Waals surface area contributed by atoms with E-state index in [2.05, 4.69) is 4.72 Å². The van der Waals surface area contributed by atoms with Crippen molar-refractivity contribution in [3.05, 3.63) is 42.5 Å². The zero-order valence-electron chi connectivity index (χ0n) is 15.7. The van der Waals surface area contributed by atoms with Crippen LogP contribution < -0.4 is 14.5 Å². The van der Waals surface area contributed by atoms with Gasteiger partial charge in [-0.3, -0.25) is 9.69 Å². The average Bonchev–Trinajstić information content (AvgIpc) is 2.66. The van der Waals surface area contributed by atoms with E-state index in [0.29, 0.717) is 22.5 Å². The summed E-state index contributed by atoms with van der Waals surface area (Å²) in [6, 6.07) is 11.2. The van der Waals surface area contributed by atoms with Gasteiger partial charge in [0.05, 0.1) is 22.3 Å². The number of amides is 2. The number of carbonyl (C=O) groups excluding carboxylic acids is 1. The molecule has 1 atom stereocenters. The summed E-state index contributed by atoms with van der Waals surface area (Å²) >= 11 is 0. The number of anilines is 2. The number of nitrogens with zero attached hydrogens (tertiary/aromatic N) is 2. The molecule has 1 aliphatic rings. The maximum Gasteiger partial charge on any atom is 0.411 e. The molecule has 8 nitrogen and oxygen atoms in total. The zero-order valence-corrected chi connectivity index (χ0v) is 16.5. The Balaban J connectivity index is 2.15. The lowest BCUT2D eigenvalue weighted by atomic mass is 10.0. The van der Waals surface area contributed by atoms with Crippen molar-refractivity contribution in [2.45, 2.75) is 24.8 Å². The lowest BCUT2D eigenvalue weighted by Crippen LogP contribution is -2.51. The summed E-state index contributed by atoms with van der Waals surface area (Å²) < 4.78 is 26.4. The van der Waals surface area contributed by atoms with Crippen LogP contribution in [-0.2, 0) is 14.8 Å². The summed E-state index contributed by atoms with van der Waals surface area (Å²) in [4.78, 5) is 26.7. The van der Waals surface area contributed by atoms with Gasteiger partial charge in [-0.1, -0.05) is 18.2 Å². The Labute approximate surface area is 163 Å². The highest BCUT2D eigenvalue weighted by molar-refractivity contribution is 7.89. The van der Waals surface area contributed by atoms with E-state index < -0.39 is 16.1 Å². The van der Waals surface area contributed by atoms with Crippen molar-refractivity contribution in [1.82, 2.24) is 4.72 Å². The molecule has 0 aliphatic carbocycles. The highest BCUT2D eigenvalue weighted by Crippen LogP contribution is 2.39. The molecule has 148 valence electrons. The molecule has 0 radical (unpaired) electrons. The molecule has 28 heavy (non-hydrogen) atoms. The molecule has 0 unspecified atom stereocenters. The molecular weight excluding hydrogens is 382 g/mol. The van der Waals surface area contributed by atoms with Crippen LogP contribution in [0.25, 0.3) is 11.1 Å². The Hall–Kier alpha value is -2.91. The summed E-state index contributed by atoms with van der Waals surface area (Å²) in [5.74, 6) is -0.173. The summed E-state index contributed by atoms with van der Waals surface area (Å²) in [5.41, 5.74) is 2.17. The molecule has 1 aliphatic heterocycles. The summed E-state index contributed by atoms with van der Waals surface area (Å²) in [6.07, 6.45) is -1.11. The SMILES string of the molecule is CNS(=O)(=O)c1cccc(-c2ccc3c(c2)N(C(=O)O)C[C@H](C)N3C(C)=O)c1. The maximum absolute atomic E-state index is 12.1. The first-order valence-electron chi connectivity index (χ1n) is 8.64. The number of hydrogen-bond donors (Lipinski definition) is 2. The molecule has 2 N–H and O–H groups in total. The molecule has 2 aromatic carbocycles. The molecule has 0 bridgehead atoms. The number of carbonyl (C=O) groups is 2. The second kappa shape index (κ2) is 7.25. The van der Waals surface area contributed by atoms with E-state index >= 15 is 0 Å². The van der Waals surface area contributed by atoms with Crippen molar-refractivity contribution < 1.29 is 23.1 Å². The number of carboxylic acid groups (broad SMARTS) is 1. The molecule has 0 fully saturated rings. The molecule has 9 heteroatoms. The first-order valence-corrected chi connectivity index (χ1v) is 10.1. The van der Waals surface area contributed by atoms with E-state index in [0.717, 1.165) is 0 Å². The second-order valence-corrected chi connectivity index (χ2v) is 8.46. The van der Waals surface area contributed by atoms with Gasteiger partial charge in [0.15, 0.2) is 0 Å². The molecule has 0 saturated heterocycles. The molecule has 1 heterocycles. The molecule has 0 saturated carbocycles. The molecule has 0 spiro atoms. The van der Waals surface area contributed by atoms with Crippen LogP contribution in [0.2, 0.25) is 0 Å². The van der Waals surface area contributed by atoms with Crippen LogP contribution in [0.15, 0.2) is 47.4 Å². The minimum absolute atomic E-state index is 0.110. The van der Waals surface area contributed by atoms with Crippen molar-refractivity contribution >= 4 is 33.4 Å². The standard InChI is InChI=1S/C19H21N3O5S/c1-12-11-21(19(24)25)18-10-15(7-8-17(18)22(12)13(2)23)14-5-4-6-16(9-14)28(26,27)20-3/h4-10,12,20H,11H2,1-3H3,(H,24,25)/t12-/m0/s1.